The van der Waals surface area contributed by atoms with E-state index in [1.54, 1.807) is 11.3 Å². The Kier molecular flexibility index (Phi) is 16.8. The molecule has 0 amide bonds. The van der Waals surface area contributed by atoms with Gasteiger partial charge in [0, 0.05) is 42.5 Å². The first kappa shape index (κ1) is 36.9. The van der Waals surface area contributed by atoms with Crippen LogP contribution in [0.15, 0.2) is 23.4 Å². The average Bonchev–Trinajstić information content (AvgIpc) is 3.50. The van der Waals surface area contributed by atoms with Gasteiger partial charge >= 0.3 is 0 Å². The van der Waals surface area contributed by atoms with Gasteiger partial charge in [-0.05, 0) is 96.1 Å². The fraction of sp³-hybridized carbons (Fsp3) is 0.897. The molecule has 4 aliphatic rings. The molecule has 0 aromatic rings. The maximum Gasteiger partial charge on any atom is 0.0949 e. The Morgan fingerprint density at radius 3 is 1.87 bits per heavy atom. The maximum atomic E-state index is 10.0. The van der Waals surface area contributed by atoms with Crippen molar-refractivity contribution in [3.8, 4) is 0 Å². The molecule has 0 aromatic carbocycles. The van der Waals surface area contributed by atoms with Gasteiger partial charge in [0.2, 0.25) is 0 Å². The molecule has 4 rings (SSSR count). The van der Waals surface area contributed by atoms with E-state index in [2.05, 4.69) is 34.6 Å². The molecule has 0 aliphatic carbocycles. The molecule has 0 saturated carbocycles. The molecule has 6 nitrogen and oxygen atoms in total. The number of nitrogens with one attached hydrogen (secondary N) is 2. The van der Waals surface area contributed by atoms with Gasteiger partial charge in [0.1, 0.15) is 0 Å². The van der Waals surface area contributed by atoms with E-state index in [1.165, 1.54) is 135 Å². The minimum atomic E-state index is -0.623. The summed E-state index contributed by atoms with van der Waals surface area (Å²) in [5.41, 5.74) is 3.25. The normalized spacial score (nSPS) is 32.0. The zero-order chi connectivity index (χ0) is 31.9. The van der Waals surface area contributed by atoms with Crippen molar-refractivity contribution in [3.63, 3.8) is 0 Å². The van der Waals surface area contributed by atoms with Gasteiger partial charge in [-0.3, -0.25) is 0 Å². The van der Waals surface area contributed by atoms with Crippen LogP contribution in [0, 0.1) is 0 Å². The number of unbranched alkanes of at least 4 members (excludes halogenated alkanes) is 13. The summed E-state index contributed by atoms with van der Waals surface area (Å²) in [4.78, 5) is 2.72. The Morgan fingerprint density at radius 1 is 0.644 bits per heavy atom. The number of allylic oxidation sites excluding steroid dienone is 3. The number of hydrogen-bond donors (Lipinski definition) is 5. The Labute approximate surface area is 276 Å². The number of piperidine rings is 2. The van der Waals surface area contributed by atoms with E-state index in [0.29, 0.717) is 24.5 Å². The van der Waals surface area contributed by atoms with E-state index >= 15 is 0 Å². The molecule has 5 N–H and O–H groups in total. The molecule has 3 fully saturated rings. The third kappa shape index (κ3) is 12.9. The van der Waals surface area contributed by atoms with E-state index in [4.69, 9.17) is 0 Å². The molecule has 4 heterocycles. The standard InChI is InChI=1S/C39H71N3O3/c1-30-37(43)25-24-33(40-30)20-15-11-7-4-3-6-10-14-19-32-27-35(42-26-18-23-36(42)28-32)22-17-13-9-5-8-12-16-21-34-29-38(44)39(45)31(2)41-34/h27-28,30-31,33-34,36-41,43-45H,3-26,29H2,1-2H3/t30-,31-,33+,34?,36?,37?,38?,39+/m0/s1. The zero-order valence-corrected chi connectivity index (χ0v) is 29.2. The second kappa shape index (κ2) is 20.4. The summed E-state index contributed by atoms with van der Waals surface area (Å²) in [6.07, 6.45) is 34.4. The van der Waals surface area contributed by atoms with E-state index < -0.39 is 12.2 Å². The summed E-state index contributed by atoms with van der Waals surface area (Å²) in [6, 6.07) is 1.90. The summed E-state index contributed by atoms with van der Waals surface area (Å²) < 4.78 is 0. The molecule has 45 heavy (non-hydrogen) atoms. The second-order valence-electron chi connectivity index (χ2n) is 15.4. The molecule has 0 aromatic heterocycles. The predicted molar refractivity (Wildman–Crippen MR) is 188 cm³/mol. The molecule has 4 unspecified atom stereocenters. The SMILES string of the molecule is C[C@@H]1N[C@H](CCCCCCCCCCC2=CC3CCCN3C(CCCCCCCCCC3CC(O)[C@H](O)[C@H](C)N3)=C2)CCC1O. The number of aliphatic hydroxyl groups is 3. The van der Waals surface area contributed by atoms with Crippen LogP contribution in [-0.2, 0) is 0 Å². The lowest BCUT2D eigenvalue weighted by atomic mass is 9.91. The van der Waals surface area contributed by atoms with Crippen molar-refractivity contribution in [1.29, 1.82) is 0 Å². The predicted octanol–water partition coefficient (Wildman–Crippen LogP) is 7.66. The number of rotatable bonds is 21. The molecule has 260 valence electrons. The van der Waals surface area contributed by atoms with Crippen LogP contribution in [0.1, 0.15) is 168 Å². The van der Waals surface area contributed by atoms with Crippen molar-refractivity contribution in [2.75, 3.05) is 6.54 Å². The summed E-state index contributed by atoms with van der Waals surface area (Å²) in [5, 5.41) is 36.9. The van der Waals surface area contributed by atoms with E-state index in [9.17, 15) is 15.3 Å². The first-order chi connectivity index (χ1) is 21.9. The first-order valence-electron chi connectivity index (χ1n) is 19.6. The lowest BCUT2D eigenvalue weighted by molar-refractivity contribution is -0.0361. The minimum absolute atomic E-state index is 0.00672. The van der Waals surface area contributed by atoms with Crippen molar-refractivity contribution in [2.24, 2.45) is 0 Å². The summed E-state index contributed by atoms with van der Waals surface area (Å²) in [7, 11) is 0. The van der Waals surface area contributed by atoms with Crippen molar-refractivity contribution in [1.82, 2.24) is 15.5 Å². The third-order valence-corrected chi connectivity index (χ3v) is 11.5. The molecule has 8 atom stereocenters. The van der Waals surface area contributed by atoms with Crippen LogP contribution >= 0.6 is 0 Å². The van der Waals surface area contributed by atoms with Gasteiger partial charge < -0.3 is 30.9 Å². The highest BCUT2D eigenvalue weighted by molar-refractivity contribution is 5.31. The Balaban J connectivity index is 0.984. The van der Waals surface area contributed by atoms with Crippen LogP contribution < -0.4 is 10.6 Å². The van der Waals surface area contributed by atoms with Gasteiger partial charge in [0.25, 0.3) is 0 Å². The highest BCUT2D eigenvalue weighted by Crippen LogP contribution is 2.33. The topological polar surface area (TPSA) is 88.0 Å². The van der Waals surface area contributed by atoms with Crippen LogP contribution in [0.2, 0.25) is 0 Å². The number of hydrogen-bond acceptors (Lipinski definition) is 6. The number of fused-ring (bicyclic) bond motifs is 1. The third-order valence-electron chi connectivity index (χ3n) is 11.5. The number of aliphatic hydroxyl groups excluding tert-OH is 3. The van der Waals surface area contributed by atoms with Crippen molar-refractivity contribution in [2.45, 2.75) is 216 Å². The summed E-state index contributed by atoms with van der Waals surface area (Å²) in [5.74, 6) is 0. The van der Waals surface area contributed by atoms with Crippen LogP contribution in [0.25, 0.3) is 0 Å². The lowest BCUT2D eigenvalue weighted by Gasteiger charge is -2.36. The molecule has 0 bridgehead atoms. The molecule has 0 radical (unpaired) electrons. The van der Waals surface area contributed by atoms with Crippen LogP contribution in [-0.4, -0.2) is 75.3 Å². The number of nitrogens with zero attached hydrogens (tertiary/aromatic N) is 1. The second-order valence-corrected chi connectivity index (χ2v) is 15.4. The zero-order valence-electron chi connectivity index (χ0n) is 29.2. The molecule has 4 aliphatic heterocycles. The van der Waals surface area contributed by atoms with Crippen molar-refractivity contribution in [3.05, 3.63) is 23.4 Å². The first-order valence-corrected chi connectivity index (χ1v) is 19.6. The van der Waals surface area contributed by atoms with Crippen LogP contribution in [0.4, 0.5) is 0 Å². The average molecular weight is 630 g/mol. The molecular formula is C39H71N3O3. The van der Waals surface area contributed by atoms with Crippen molar-refractivity contribution < 1.29 is 15.3 Å². The van der Waals surface area contributed by atoms with E-state index in [-0.39, 0.29) is 18.2 Å². The Bertz CT molecular complexity index is 866. The van der Waals surface area contributed by atoms with E-state index in [1.807, 2.05) is 6.92 Å². The van der Waals surface area contributed by atoms with Gasteiger partial charge in [0.15, 0.2) is 0 Å². The maximum absolute atomic E-state index is 10.0. The molecule has 6 heteroatoms. The highest BCUT2D eigenvalue weighted by atomic mass is 16.3. The van der Waals surface area contributed by atoms with E-state index in [0.717, 1.165) is 19.3 Å². The Hall–Kier alpha value is -0.920. The fourth-order valence-electron chi connectivity index (χ4n) is 8.57. The fourth-order valence-corrected chi connectivity index (χ4v) is 8.57. The largest absolute Gasteiger partial charge is 0.392 e. The summed E-state index contributed by atoms with van der Waals surface area (Å²) in [6.45, 7) is 5.35. The van der Waals surface area contributed by atoms with Crippen LogP contribution in [0.3, 0.4) is 0 Å². The smallest absolute Gasteiger partial charge is 0.0949 e. The quantitative estimate of drug-likeness (QED) is 0.0838. The monoisotopic (exact) mass is 630 g/mol. The minimum Gasteiger partial charge on any atom is -0.392 e. The molecule has 0 spiro atoms. The van der Waals surface area contributed by atoms with Gasteiger partial charge in [0.05, 0.1) is 18.3 Å². The lowest BCUT2D eigenvalue weighted by Crippen LogP contribution is -2.55. The molecular weight excluding hydrogens is 558 g/mol. The van der Waals surface area contributed by atoms with Gasteiger partial charge in [-0.25, -0.2) is 0 Å². The van der Waals surface area contributed by atoms with Gasteiger partial charge in [-0.15, -0.1) is 0 Å². The highest BCUT2D eigenvalue weighted by Gasteiger charge is 2.32. The summed E-state index contributed by atoms with van der Waals surface area (Å²) >= 11 is 0. The van der Waals surface area contributed by atoms with Gasteiger partial charge in [-0.2, -0.15) is 0 Å². The van der Waals surface area contributed by atoms with Crippen LogP contribution in [0.5, 0.6) is 0 Å². The van der Waals surface area contributed by atoms with Gasteiger partial charge in [-0.1, -0.05) is 89.5 Å². The molecule has 3 saturated heterocycles. The Morgan fingerprint density at radius 2 is 1.22 bits per heavy atom. The van der Waals surface area contributed by atoms with Crippen molar-refractivity contribution >= 4 is 0 Å².